The number of ketones is 1. The number of hydrogen-bond donors (Lipinski definition) is 2. The van der Waals surface area contributed by atoms with E-state index in [4.69, 9.17) is 11.6 Å². The van der Waals surface area contributed by atoms with Gasteiger partial charge in [-0.25, -0.2) is 8.42 Å². The minimum atomic E-state index is -4.19. The first-order valence-corrected chi connectivity index (χ1v) is 12.4. The van der Waals surface area contributed by atoms with Gasteiger partial charge in [0.15, 0.2) is 5.78 Å². The highest BCUT2D eigenvalue weighted by molar-refractivity contribution is 7.89. The van der Waals surface area contributed by atoms with E-state index >= 15 is 0 Å². The lowest BCUT2D eigenvalue weighted by molar-refractivity contribution is -0.120. The number of aliphatic hydroxyl groups excluding tert-OH is 1. The Morgan fingerprint density at radius 2 is 1.71 bits per heavy atom. The van der Waals surface area contributed by atoms with Gasteiger partial charge in [0, 0.05) is 23.3 Å². The topological polar surface area (TPSA) is 104 Å². The second-order valence-electron chi connectivity index (χ2n) is 8.21. The fourth-order valence-corrected chi connectivity index (χ4v) is 5.45. The summed E-state index contributed by atoms with van der Waals surface area (Å²) in [5.74, 6) is -3.58. The molecule has 4 rings (SSSR count). The highest BCUT2D eigenvalue weighted by Crippen LogP contribution is 2.43. The minimum Gasteiger partial charge on any atom is -0.377 e. The van der Waals surface area contributed by atoms with Crippen molar-refractivity contribution in [3.63, 3.8) is 0 Å². The SMILES string of the molecule is Cc1ccc(S(=O)(=O)NC(O)C(C(=O)c2ccccc2)C2C(=O)N(C)c3ccc(Cl)cc32)cc1. The molecule has 0 bridgehead atoms. The molecule has 0 aromatic heterocycles. The highest BCUT2D eigenvalue weighted by Gasteiger charge is 2.47. The van der Waals surface area contributed by atoms with Gasteiger partial charge in [0.25, 0.3) is 0 Å². The summed E-state index contributed by atoms with van der Waals surface area (Å²) in [6.45, 7) is 1.82. The summed E-state index contributed by atoms with van der Waals surface area (Å²) in [5, 5.41) is 11.5. The molecule has 1 amide bonds. The third-order valence-electron chi connectivity index (χ3n) is 5.95. The number of sulfonamides is 1. The summed E-state index contributed by atoms with van der Waals surface area (Å²) < 4.78 is 28.2. The Labute approximate surface area is 203 Å². The van der Waals surface area contributed by atoms with Crippen LogP contribution in [0.3, 0.4) is 0 Å². The van der Waals surface area contributed by atoms with Crippen LogP contribution in [0.2, 0.25) is 5.02 Å². The van der Waals surface area contributed by atoms with E-state index in [-0.39, 0.29) is 10.5 Å². The van der Waals surface area contributed by atoms with Gasteiger partial charge in [0.1, 0.15) is 6.23 Å². The average Bonchev–Trinajstić information content (AvgIpc) is 3.04. The van der Waals surface area contributed by atoms with Gasteiger partial charge in [0.05, 0.1) is 16.7 Å². The number of anilines is 1. The maximum atomic E-state index is 13.6. The van der Waals surface area contributed by atoms with Crippen molar-refractivity contribution in [3.05, 3.63) is 94.5 Å². The number of carbonyl (C=O) groups is 2. The Kier molecular flexibility index (Phi) is 6.60. The van der Waals surface area contributed by atoms with Crippen molar-refractivity contribution in [3.8, 4) is 0 Å². The summed E-state index contributed by atoms with van der Waals surface area (Å²) in [7, 11) is -2.63. The zero-order chi connectivity index (χ0) is 24.6. The van der Waals surface area contributed by atoms with Gasteiger partial charge < -0.3 is 10.0 Å². The van der Waals surface area contributed by atoms with E-state index < -0.39 is 39.8 Å². The monoisotopic (exact) mass is 498 g/mol. The smallest absolute Gasteiger partial charge is 0.242 e. The van der Waals surface area contributed by atoms with E-state index in [2.05, 4.69) is 4.72 Å². The van der Waals surface area contributed by atoms with Crippen LogP contribution in [0.25, 0.3) is 0 Å². The second-order valence-corrected chi connectivity index (χ2v) is 10.4. The Morgan fingerprint density at radius 3 is 2.35 bits per heavy atom. The van der Waals surface area contributed by atoms with Gasteiger partial charge in [-0.15, -0.1) is 0 Å². The Balaban J connectivity index is 1.78. The molecule has 7 nitrogen and oxygen atoms in total. The molecule has 0 aliphatic carbocycles. The third kappa shape index (κ3) is 4.50. The predicted molar refractivity (Wildman–Crippen MR) is 129 cm³/mol. The third-order valence-corrected chi connectivity index (χ3v) is 7.63. The zero-order valence-corrected chi connectivity index (χ0v) is 20.0. The van der Waals surface area contributed by atoms with E-state index in [1.54, 1.807) is 67.7 Å². The van der Waals surface area contributed by atoms with Crippen molar-refractivity contribution in [1.82, 2.24) is 4.72 Å². The van der Waals surface area contributed by atoms with Crippen LogP contribution >= 0.6 is 11.6 Å². The predicted octanol–water partition coefficient (Wildman–Crippen LogP) is 3.50. The maximum absolute atomic E-state index is 13.6. The number of aliphatic hydroxyl groups is 1. The van der Waals surface area contributed by atoms with Gasteiger partial charge in [-0.1, -0.05) is 59.6 Å². The molecular weight excluding hydrogens is 476 g/mol. The number of benzene rings is 3. The number of hydrogen-bond acceptors (Lipinski definition) is 5. The van der Waals surface area contributed by atoms with Crippen LogP contribution in [-0.4, -0.2) is 38.5 Å². The molecule has 34 heavy (non-hydrogen) atoms. The number of halogens is 1. The summed E-state index contributed by atoms with van der Waals surface area (Å²) in [5.41, 5.74) is 2.10. The molecule has 176 valence electrons. The van der Waals surface area contributed by atoms with Gasteiger partial charge in [-0.3, -0.25) is 9.59 Å². The molecule has 0 saturated carbocycles. The van der Waals surface area contributed by atoms with Gasteiger partial charge in [-0.2, -0.15) is 4.72 Å². The molecule has 9 heteroatoms. The average molecular weight is 499 g/mol. The quantitative estimate of drug-likeness (QED) is 0.383. The van der Waals surface area contributed by atoms with Crippen molar-refractivity contribution in [2.75, 3.05) is 11.9 Å². The Bertz CT molecular complexity index is 1340. The number of nitrogens with one attached hydrogen (secondary N) is 1. The standard InChI is InChI=1S/C25H23ClN2O5S/c1-15-8-11-18(12-9-15)34(32,33)27-24(30)22(23(29)16-6-4-3-5-7-16)21-19-14-17(26)10-13-20(19)28(2)25(21)31/h3-14,21-22,24,27,30H,1-2H3. The largest absolute Gasteiger partial charge is 0.377 e. The molecular formula is C25H23ClN2O5S. The Morgan fingerprint density at radius 1 is 1.06 bits per heavy atom. The number of amides is 1. The number of nitrogens with zero attached hydrogens (tertiary/aromatic N) is 1. The van der Waals surface area contributed by atoms with E-state index in [1.165, 1.54) is 17.0 Å². The van der Waals surface area contributed by atoms with Crippen LogP contribution in [-0.2, 0) is 14.8 Å². The number of aryl methyl sites for hydroxylation is 1. The van der Waals surface area contributed by atoms with Crippen LogP contribution in [0.15, 0.2) is 77.7 Å². The number of carbonyl (C=O) groups excluding carboxylic acids is 2. The molecule has 1 aliphatic heterocycles. The number of rotatable bonds is 7. The fraction of sp³-hybridized carbons (Fsp3) is 0.200. The van der Waals surface area contributed by atoms with Gasteiger partial charge in [0.2, 0.25) is 15.9 Å². The first kappa shape index (κ1) is 24.1. The van der Waals surface area contributed by atoms with E-state index in [9.17, 15) is 23.1 Å². The molecule has 2 N–H and O–H groups in total. The summed E-state index contributed by atoms with van der Waals surface area (Å²) >= 11 is 6.18. The van der Waals surface area contributed by atoms with E-state index in [0.717, 1.165) is 5.56 Å². The Hall–Kier alpha value is -3.04. The van der Waals surface area contributed by atoms with Gasteiger partial charge >= 0.3 is 0 Å². The van der Waals surface area contributed by atoms with Crippen molar-refractivity contribution < 1.29 is 23.1 Å². The number of likely N-dealkylation sites (N-methyl/N-ethyl adjacent to an activating group) is 1. The minimum absolute atomic E-state index is 0.0682. The lowest BCUT2D eigenvalue weighted by Gasteiger charge is -2.27. The van der Waals surface area contributed by atoms with Crippen LogP contribution in [0.4, 0.5) is 5.69 Å². The van der Waals surface area contributed by atoms with Crippen molar-refractivity contribution in [1.29, 1.82) is 0 Å². The van der Waals surface area contributed by atoms with Crippen LogP contribution in [0, 0.1) is 12.8 Å². The molecule has 1 aliphatic rings. The van der Waals surface area contributed by atoms with Crippen LogP contribution in [0.1, 0.15) is 27.4 Å². The molecule has 0 saturated heterocycles. The molecule has 0 spiro atoms. The van der Waals surface area contributed by atoms with E-state index in [1.807, 2.05) is 6.92 Å². The maximum Gasteiger partial charge on any atom is 0.242 e. The van der Waals surface area contributed by atoms with Crippen LogP contribution < -0.4 is 9.62 Å². The summed E-state index contributed by atoms with van der Waals surface area (Å²) in [4.78, 5) is 28.2. The van der Waals surface area contributed by atoms with Crippen molar-refractivity contribution in [2.24, 2.45) is 5.92 Å². The molecule has 3 aromatic carbocycles. The molecule has 0 radical (unpaired) electrons. The zero-order valence-electron chi connectivity index (χ0n) is 18.5. The molecule has 1 heterocycles. The van der Waals surface area contributed by atoms with Crippen molar-refractivity contribution >= 4 is 39.0 Å². The fourth-order valence-electron chi connectivity index (χ4n) is 4.18. The number of Topliss-reactive ketones (excluding diaryl/α,β-unsaturated/α-hetero) is 1. The normalized spacial score (nSPS) is 17.4. The second kappa shape index (κ2) is 9.31. The molecule has 3 atom stereocenters. The first-order valence-electron chi connectivity index (χ1n) is 10.5. The van der Waals surface area contributed by atoms with Crippen molar-refractivity contribution in [2.45, 2.75) is 24.0 Å². The number of fused-ring (bicyclic) bond motifs is 1. The lowest BCUT2D eigenvalue weighted by atomic mass is 9.81. The van der Waals surface area contributed by atoms with E-state index in [0.29, 0.717) is 16.3 Å². The molecule has 3 unspecified atom stereocenters. The highest BCUT2D eigenvalue weighted by atomic mass is 35.5. The summed E-state index contributed by atoms with van der Waals surface area (Å²) in [6, 6.07) is 19.0. The first-order chi connectivity index (χ1) is 16.1. The molecule has 3 aromatic rings. The summed E-state index contributed by atoms with van der Waals surface area (Å²) in [6.07, 6.45) is -1.88. The molecule has 0 fully saturated rings. The van der Waals surface area contributed by atoms with Gasteiger partial charge in [-0.05, 0) is 42.8 Å². The van der Waals surface area contributed by atoms with Crippen LogP contribution in [0.5, 0.6) is 0 Å². The lowest BCUT2D eigenvalue weighted by Crippen LogP contribution is -2.47.